The number of likely N-dealkylation sites (tertiary alicyclic amines) is 1. The predicted molar refractivity (Wildman–Crippen MR) is 187 cm³/mol. The van der Waals surface area contributed by atoms with Crippen LogP contribution in [0.5, 0.6) is 0 Å². The number of piperazine rings is 1. The van der Waals surface area contributed by atoms with Gasteiger partial charge in [0.05, 0.1) is 12.7 Å². The highest BCUT2D eigenvalue weighted by Crippen LogP contribution is 2.71. The summed E-state index contributed by atoms with van der Waals surface area (Å²) in [5.41, 5.74) is 0.728. The molecule has 0 bridgehead atoms. The third kappa shape index (κ3) is 5.88. The quantitative estimate of drug-likeness (QED) is 0.375. The maximum Gasteiger partial charge on any atom is 0.232 e. The molecule has 0 radical (unpaired) electrons. The molecule has 270 valence electrons. The summed E-state index contributed by atoms with van der Waals surface area (Å²) < 4.78 is 13.5. The van der Waals surface area contributed by atoms with Gasteiger partial charge >= 0.3 is 0 Å². The van der Waals surface area contributed by atoms with Gasteiger partial charge in [0.25, 0.3) is 0 Å². The van der Waals surface area contributed by atoms with Crippen LogP contribution in [0.4, 0.5) is 0 Å². The Morgan fingerprint density at radius 1 is 0.792 bits per heavy atom. The number of hydrogen-bond acceptors (Lipinski definition) is 6. The van der Waals surface area contributed by atoms with Crippen molar-refractivity contribution in [1.29, 1.82) is 0 Å². The molecular weight excluding hydrogens is 600 g/mol. The Balaban J connectivity index is 0.820. The van der Waals surface area contributed by atoms with Crippen LogP contribution >= 0.6 is 0 Å². The number of nitrogens with one attached hydrogen (secondary N) is 1. The van der Waals surface area contributed by atoms with Gasteiger partial charge in [0.2, 0.25) is 11.8 Å². The zero-order valence-electron chi connectivity index (χ0n) is 30.7. The second kappa shape index (κ2) is 13.1. The smallest absolute Gasteiger partial charge is 0.232 e. The van der Waals surface area contributed by atoms with Gasteiger partial charge in [0.15, 0.2) is 5.79 Å². The Bertz CT molecular complexity index is 1190. The lowest BCUT2D eigenvalue weighted by Crippen LogP contribution is -2.56. The Kier molecular flexibility index (Phi) is 9.24. The highest BCUT2D eigenvalue weighted by atomic mass is 16.7. The fraction of sp³-hybridized carbons (Fsp3) is 0.950. The molecule has 12 atom stereocenters. The first-order valence-electron chi connectivity index (χ1n) is 20.4. The van der Waals surface area contributed by atoms with E-state index >= 15 is 0 Å². The number of carbonyl (C=O) groups is 2. The van der Waals surface area contributed by atoms with Gasteiger partial charge in [-0.2, -0.15) is 0 Å². The third-order valence-electron chi connectivity index (χ3n) is 16.3. The van der Waals surface area contributed by atoms with Crippen molar-refractivity contribution in [3.63, 3.8) is 0 Å². The molecule has 8 nitrogen and oxygen atoms in total. The number of rotatable bonds is 6. The monoisotopic (exact) mass is 667 g/mol. The first-order valence-corrected chi connectivity index (χ1v) is 20.4. The minimum Gasteiger partial charge on any atom is -0.353 e. The molecule has 1 N–H and O–H groups in total. The van der Waals surface area contributed by atoms with Crippen molar-refractivity contribution < 1.29 is 19.1 Å². The molecule has 4 aliphatic carbocycles. The Labute approximate surface area is 290 Å². The summed E-state index contributed by atoms with van der Waals surface area (Å²) in [7, 11) is 0. The van der Waals surface area contributed by atoms with Gasteiger partial charge in [-0.3, -0.25) is 14.5 Å². The maximum absolute atomic E-state index is 13.2. The van der Waals surface area contributed by atoms with E-state index in [1.54, 1.807) is 0 Å². The molecule has 4 saturated heterocycles. The summed E-state index contributed by atoms with van der Waals surface area (Å²) in [5.74, 6) is 4.40. The fourth-order valence-electron chi connectivity index (χ4n) is 13.4. The SMILES string of the molecule is C[C@@H]1CC[C@@]2(OC1)O[C@H]1C[C@H]3[C@@H]4CC[C@@H]5C[C@H](NC(=O)CC(=O)N6CCN(CCN7CCCC7)CC6)CC[C@]5(C)[C@H]4CC[C@]3(C)[C@H]1[C@@H]2C. The fourth-order valence-corrected chi connectivity index (χ4v) is 13.4. The van der Waals surface area contributed by atoms with E-state index in [4.69, 9.17) is 9.47 Å². The lowest BCUT2D eigenvalue weighted by atomic mass is 9.44. The van der Waals surface area contributed by atoms with Gasteiger partial charge in [0, 0.05) is 57.6 Å². The number of fused-ring (bicyclic) bond motifs is 7. The number of amides is 2. The van der Waals surface area contributed by atoms with Gasteiger partial charge < -0.3 is 24.6 Å². The molecule has 48 heavy (non-hydrogen) atoms. The number of hydrogen-bond donors (Lipinski definition) is 1. The van der Waals surface area contributed by atoms with Crippen molar-refractivity contribution in [3.05, 3.63) is 0 Å². The van der Waals surface area contributed by atoms with Crippen LogP contribution in [0.2, 0.25) is 0 Å². The molecule has 0 unspecified atom stereocenters. The number of carbonyl (C=O) groups excluding carboxylic acids is 2. The lowest BCUT2D eigenvalue weighted by molar-refractivity contribution is -0.273. The summed E-state index contributed by atoms with van der Waals surface area (Å²) in [6.07, 6.45) is 15.2. The van der Waals surface area contributed by atoms with Crippen molar-refractivity contribution in [2.45, 2.75) is 129 Å². The maximum atomic E-state index is 13.2. The van der Waals surface area contributed by atoms with Crippen LogP contribution < -0.4 is 5.32 Å². The summed E-state index contributed by atoms with van der Waals surface area (Å²) in [6.45, 7) is 18.9. The van der Waals surface area contributed by atoms with E-state index in [0.29, 0.717) is 40.6 Å². The zero-order valence-corrected chi connectivity index (χ0v) is 30.7. The van der Waals surface area contributed by atoms with Crippen LogP contribution in [-0.2, 0) is 19.1 Å². The molecule has 4 saturated carbocycles. The van der Waals surface area contributed by atoms with Crippen molar-refractivity contribution in [3.8, 4) is 0 Å². The average Bonchev–Trinajstić information content (AvgIpc) is 3.77. The first-order chi connectivity index (χ1) is 23.1. The van der Waals surface area contributed by atoms with Crippen LogP contribution in [0, 0.1) is 52.3 Å². The van der Waals surface area contributed by atoms with E-state index in [2.05, 4.69) is 42.8 Å². The van der Waals surface area contributed by atoms with Gasteiger partial charge in [-0.05, 0) is 130 Å². The number of nitrogens with zero attached hydrogens (tertiary/aromatic N) is 3. The van der Waals surface area contributed by atoms with E-state index in [1.165, 1.54) is 70.9 Å². The van der Waals surface area contributed by atoms with E-state index in [9.17, 15) is 9.59 Å². The van der Waals surface area contributed by atoms with Gasteiger partial charge in [-0.15, -0.1) is 0 Å². The van der Waals surface area contributed by atoms with Gasteiger partial charge in [-0.25, -0.2) is 0 Å². The van der Waals surface area contributed by atoms with E-state index in [1.807, 2.05) is 4.90 Å². The molecule has 4 aliphatic heterocycles. The predicted octanol–water partition coefficient (Wildman–Crippen LogP) is 5.55. The van der Waals surface area contributed by atoms with E-state index in [0.717, 1.165) is 82.9 Å². The van der Waals surface area contributed by atoms with Gasteiger partial charge in [-0.1, -0.05) is 27.7 Å². The number of ether oxygens (including phenoxy) is 2. The molecule has 8 rings (SSSR count). The Morgan fingerprint density at radius 3 is 2.25 bits per heavy atom. The molecule has 1 spiro atoms. The molecule has 8 heteroatoms. The van der Waals surface area contributed by atoms with E-state index in [-0.39, 0.29) is 30.1 Å². The van der Waals surface area contributed by atoms with Crippen LogP contribution in [0.1, 0.15) is 111 Å². The zero-order chi connectivity index (χ0) is 33.3. The molecule has 0 aromatic carbocycles. The van der Waals surface area contributed by atoms with E-state index < -0.39 is 0 Å². The highest BCUT2D eigenvalue weighted by molar-refractivity contribution is 5.97. The summed E-state index contributed by atoms with van der Waals surface area (Å²) in [6, 6.07) is 0.214. The van der Waals surface area contributed by atoms with Crippen molar-refractivity contribution >= 4 is 11.8 Å². The topological polar surface area (TPSA) is 74.3 Å². The largest absolute Gasteiger partial charge is 0.353 e. The van der Waals surface area contributed by atoms with Crippen molar-refractivity contribution in [2.24, 2.45) is 52.3 Å². The average molecular weight is 667 g/mol. The second-order valence-electron chi connectivity index (χ2n) is 18.7. The Morgan fingerprint density at radius 2 is 1.52 bits per heavy atom. The third-order valence-corrected chi connectivity index (χ3v) is 16.3. The van der Waals surface area contributed by atoms with Crippen molar-refractivity contribution in [2.75, 3.05) is 59.0 Å². The minimum atomic E-state index is -0.328. The molecular formula is C40H66N4O4. The standard InChI is InChI=1S/C40H66N4O4/c1-27-9-14-40(47-26-27)28(2)37-34(48-40)24-33-31-8-7-29-23-30(10-12-38(29,3)32(31)11-13-39(33,37)4)41-35(45)25-36(46)44-21-19-43(20-22-44)18-17-42-15-5-6-16-42/h27-34,37H,5-26H2,1-4H3,(H,41,45)/t27-,28+,29-,30-,31-,32+,33+,34+,37+,38+,39+,40-/m1/s1. The molecule has 4 heterocycles. The van der Waals surface area contributed by atoms with Crippen LogP contribution in [-0.4, -0.2) is 103 Å². The van der Waals surface area contributed by atoms with Gasteiger partial charge in [0.1, 0.15) is 6.42 Å². The molecule has 8 aliphatic rings. The second-order valence-corrected chi connectivity index (χ2v) is 18.7. The summed E-state index contributed by atoms with van der Waals surface area (Å²) in [4.78, 5) is 33.2. The molecule has 8 fully saturated rings. The van der Waals surface area contributed by atoms with Crippen LogP contribution in [0.15, 0.2) is 0 Å². The first kappa shape index (κ1) is 33.9. The molecule has 0 aromatic rings. The van der Waals surface area contributed by atoms with Crippen LogP contribution in [0.3, 0.4) is 0 Å². The minimum absolute atomic E-state index is 0.00531. The molecule has 2 amide bonds. The molecule has 0 aromatic heterocycles. The normalized spacial score (nSPS) is 47.8. The summed E-state index contributed by atoms with van der Waals surface area (Å²) >= 11 is 0. The lowest BCUT2D eigenvalue weighted by Gasteiger charge is -2.61. The Hall–Kier alpha value is -1.22. The highest BCUT2D eigenvalue weighted by Gasteiger charge is 2.69. The summed E-state index contributed by atoms with van der Waals surface area (Å²) in [5, 5.41) is 3.35. The van der Waals surface area contributed by atoms with Crippen LogP contribution in [0.25, 0.3) is 0 Å². The van der Waals surface area contributed by atoms with Crippen molar-refractivity contribution in [1.82, 2.24) is 20.0 Å².